The van der Waals surface area contributed by atoms with E-state index in [1.165, 1.54) is 39.4 Å². The highest BCUT2D eigenvalue weighted by molar-refractivity contribution is 5.88. The number of aryl methyl sites for hydroxylation is 1. The van der Waals surface area contributed by atoms with Crippen molar-refractivity contribution < 1.29 is 33.4 Å². The number of aldehydes is 1. The lowest BCUT2D eigenvalue weighted by atomic mass is 9.93. The van der Waals surface area contributed by atoms with Crippen molar-refractivity contribution in [1.82, 2.24) is 19.9 Å². The number of carbonyl (C=O) groups excluding carboxylic acids is 2. The molecular weight excluding hydrogens is 806 g/mol. The van der Waals surface area contributed by atoms with Gasteiger partial charge in [-0.3, -0.25) is 9.59 Å². The molecule has 15 heteroatoms. The Morgan fingerprint density at radius 2 is 1.84 bits per heavy atom. The van der Waals surface area contributed by atoms with Crippen molar-refractivity contribution in [3.05, 3.63) is 128 Å². The van der Waals surface area contributed by atoms with Crippen LogP contribution in [0, 0.1) is 11.7 Å². The molecule has 1 unspecified atom stereocenters. The molecule has 2 aromatic heterocycles. The SMILES string of the molecule is CC.CC/C(N)=C/N(N)Cc1c2c(nc3cc(F)ccc13)-c1cc(CC)c(COC(=O)O)c(=O)n1C2.CNCC(C)C.NC=O.O=CCOCC1C2=C(CCC=C2)c2ccccc21. The fraction of sp³-hybridized carbons (Fsp3) is 0.396. The molecule has 0 saturated carbocycles. The van der Waals surface area contributed by atoms with Crippen LogP contribution in [0.2, 0.25) is 0 Å². The van der Waals surface area contributed by atoms with Gasteiger partial charge in [0.25, 0.3) is 5.56 Å². The van der Waals surface area contributed by atoms with Crippen LogP contribution < -0.4 is 28.2 Å². The minimum Gasteiger partial charge on any atom is -0.450 e. The van der Waals surface area contributed by atoms with Crippen LogP contribution in [-0.2, 0) is 45.2 Å². The van der Waals surface area contributed by atoms with Gasteiger partial charge >= 0.3 is 6.16 Å². The first kappa shape index (κ1) is 51.2. The van der Waals surface area contributed by atoms with Gasteiger partial charge in [-0.05, 0) is 96.8 Å². The molecule has 3 aliphatic rings. The average Bonchev–Trinajstić information content (AvgIpc) is 3.80. The quantitative estimate of drug-likeness (QED) is 0.0259. The van der Waals surface area contributed by atoms with Gasteiger partial charge in [0.2, 0.25) is 6.41 Å². The van der Waals surface area contributed by atoms with E-state index in [9.17, 15) is 18.8 Å². The number of hydrogen-bond acceptors (Lipinski definition) is 11. The number of primary amides is 1. The molecule has 2 aliphatic carbocycles. The van der Waals surface area contributed by atoms with E-state index in [2.05, 4.69) is 61.3 Å². The summed E-state index contributed by atoms with van der Waals surface area (Å²) in [5.74, 6) is 6.88. The van der Waals surface area contributed by atoms with Gasteiger partial charge in [-0.15, -0.1) is 0 Å². The molecule has 0 fully saturated rings. The summed E-state index contributed by atoms with van der Waals surface area (Å²) in [6.45, 7) is 14.2. The van der Waals surface area contributed by atoms with Gasteiger partial charge in [0.1, 0.15) is 25.3 Å². The lowest BCUT2D eigenvalue weighted by Gasteiger charge is -2.19. The van der Waals surface area contributed by atoms with Crippen molar-refractivity contribution in [2.75, 3.05) is 26.8 Å². The molecule has 340 valence electrons. The van der Waals surface area contributed by atoms with E-state index < -0.39 is 12.0 Å². The second-order valence-electron chi connectivity index (χ2n) is 14.9. The zero-order chi connectivity index (χ0) is 46.6. The highest BCUT2D eigenvalue weighted by atomic mass is 19.1. The number of aromatic nitrogens is 2. The van der Waals surface area contributed by atoms with Crippen LogP contribution in [0.1, 0.15) is 100 Å². The highest BCUT2D eigenvalue weighted by Gasteiger charge is 2.31. The molecule has 4 aromatic rings. The van der Waals surface area contributed by atoms with Crippen LogP contribution >= 0.6 is 0 Å². The summed E-state index contributed by atoms with van der Waals surface area (Å²) >= 11 is 0. The fourth-order valence-corrected chi connectivity index (χ4v) is 7.66. The first-order valence-electron chi connectivity index (χ1n) is 21.3. The Hall–Kier alpha value is -6.16. The number of fused-ring (bicyclic) bond motifs is 6. The Labute approximate surface area is 369 Å². The molecule has 7 rings (SSSR count). The fourth-order valence-electron chi connectivity index (χ4n) is 7.66. The molecule has 63 heavy (non-hydrogen) atoms. The predicted octanol–water partition coefficient (Wildman–Crippen LogP) is 7.30. The summed E-state index contributed by atoms with van der Waals surface area (Å²) in [4.78, 5) is 47.9. The predicted molar refractivity (Wildman–Crippen MR) is 247 cm³/mol. The third-order valence-electron chi connectivity index (χ3n) is 10.3. The summed E-state index contributed by atoms with van der Waals surface area (Å²) in [7, 11) is 1.97. The lowest BCUT2D eigenvalue weighted by molar-refractivity contribution is -0.112. The number of ether oxygens (including phenoxy) is 2. The summed E-state index contributed by atoms with van der Waals surface area (Å²) < 4.78 is 25.7. The molecule has 0 spiro atoms. The lowest BCUT2D eigenvalue weighted by Crippen LogP contribution is -2.27. The van der Waals surface area contributed by atoms with Crippen molar-refractivity contribution in [2.45, 2.75) is 92.8 Å². The molecule has 0 saturated heterocycles. The van der Waals surface area contributed by atoms with E-state index >= 15 is 0 Å². The van der Waals surface area contributed by atoms with Gasteiger partial charge in [0, 0.05) is 34.8 Å². The first-order chi connectivity index (χ1) is 30.3. The summed E-state index contributed by atoms with van der Waals surface area (Å²) in [6, 6.07) is 14.7. The van der Waals surface area contributed by atoms with Crippen molar-refractivity contribution >= 4 is 35.3 Å². The molecule has 0 bridgehead atoms. The van der Waals surface area contributed by atoms with Gasteiger partial charge in [0.15, 0.2) is 0 Å². The second-order valence-corrected chi connectivity index (χ2v) is 14.9. The third-order valence-corrected chi connectivity index (χ3v) is 10.3. The number of benzene rings is 2. The number of pyridine rings is 2. The van der Waals surface area contributed by atoms with Crippen molar-refractivity contribution in [1.29, 1.82) is 0 Å². The minimum absolute atomic E-state index is 0.186. The Kier molecular flexibility index (Phi) is 20.9. The van der Waals surface area contributed by atoms with Crippen LogP contribution in [0.15, 0.2) is 82.9 Å². The number of carboxylic acid groups (broad SMARTS) is 1. The summed E-state index contributed by atoms with van der Waals surface area (Å²) in [5, 5.41) is 14.2. The van der Waals surface area contributed by atoms with E-state index in [-0.39, 0.29) is 43.8 Å². The van der Waals surface area contributed by atoms with Gasteiger partial charge in [-0.2, -0.15) is 0 Å². The Bertz CT molecular complexity index is 2340. The Morgan fingerprint density at radius 3 is 2.46 bits per heavy atom. The number of nitrogens with one attached hydrogen (secondary N) is 1. The molecule has 1 atom stereocenters. The van der Waals surface area contributed by atoms with Crippen molar-refractivity contribution in [2.24, 2.45) is 23.2 Å². The molecular formula is C48H64FN7O7. The van der Waals surface area contributed by atoms with Crippen LogP contribution in [0.4, 0.5) is 9.18 Å². The molecule has 3 heterocycles. The van der Waals surface area contributed by atoms with Gasteiger partial charge in [0.05, 0.1) is 42.2 Å². The maximum atomic E-state index is 14.1. The van der Waals surface area contributed by atoms with Gasteiger partial charge in [-0.25, -0.2) is 20.0 Å². The number of rotatable bonds is 13. The molecule has 14 nitrogen and oxygen atoms in total. The normalized spacial score (nSPS) is 13.9. The smallest absolute Gasteiger partial charge is 0.450 e. The zero-order valence-electron chi connectivity index (χ0n) is 37.6. The summed E-state index contributed by atoms with van der Waals surface area (Å²) in [5.41, 5.74) is 20.1. The number of hydrazine groups is 1. The van der Waals surface area contributed by atoms with E-state index in [1.807, 2.05) is 40.8 Å². The zero-order valence-corrected chi connectivity index (χ0v) is 37.6. The first-order valence-corrected chi connectivity index (χ1v) is 21.3. The van der Waals surface area contributed by atoms with Gasteiger partial charge in [-0.1, -0.05) is 78.0 Å². The number of carbonyl (C=O) groups is 3. The summed E-state index contributed by atoms with van der Waals surface area (Å²) in [6.07, 6.45) is 9.10. The highest BCUT2D eigenvalue weighted by Crippen LogP contribution is 2.46. The standard InChI is InChI=1S/C24H26FN5O4.C16H16O2.C5H13N.C2H6.CH3NO/c1-3-13-7-21-22-18(11-30(21)23(31)19(13)12-34-24(32)33)17(10-29(27)9-15(26)4-2)16-6-5-14(25)8-20(16)28-22;17-9-10-18-11-16-14-7-3-1-5-12(14)13-6-2-4-8-15(13)16;1-5(2)4-6-3;1-2;2-1-3/h5-9H,3-4,10-12,26-27H2,1-2H3,(H,32,33);1,3-5,7-9,16H,2,6,10-11H2;5-6H,4H2,1-3H3;1-2H3;1H,(H2,2,3)/b15-9-;;;;. The monoisotopic (exact) mass is 869 g/mol. The Balaban J connectivity index is 0.000000302. The van der Waals surface area contributed by atoms with Crippen LogP contribution in [-0.4, -0.2) is 65.3 Å². The minimum atomic E-state index is -1.45. The molecule has 1 amide bonds. The van der Waals surface area contributed by atoms with Crippen molar-refractivity contribution in [3.63, 3.8) is 0 Å². The van der Waals surface area contributed by atoms with E-state index in [4.69, 9.17) is 35.9 Å². The van der Waals surface area contributed by atoms with Gasteiger partial charge < -0.3 is 45.7 Å². The number of nitrogens with two attached hydrogens (primary N) is 3. The average molecular weight is 870 g/mol. The number of amides is 1. The second kappa shape index (κ2) is 25.7. The van der Waals surface area contributed by atoms with Crippen molar-refractivity contribution in [3.8, 4) is 11.4 Å². The topological polar surface area (TPSA) is 218 Å². The largest absolute Gasteiger partial charge is 0.506 e. The van der Waals surface area contributed by atoms with Crippen LogP contribution in [0.5, 0.6) is 0 Å². The van der Waals surface area contributed by atoms with E-state index in [1.54, 1.807) is 16.8 Å². The molecule has 1 aliphatic heterocycles. The van der Waals surface area contributed by atoms with Crippen LogP contribution in [0.3, 0.4) is 0 Å². The number of hydrogen-bond donors (Lipinski definition) is 5. The van der Waals surface area contributed by atoms with Crippen LogP contribution in [0.25, 0.3) is 27.9 Å². The third kappa shape index (κ3) is 13.4. The maximum absolute atomic E-state index is 14.1. The number of nitrogens with zero attached hydrogens (tertiary/aromatic N) is 3. The molecule has 8 N–H and O–H groups in total. The Morgan fingerprint density at radius 1 is 1.13 bits per heavy atom. The molecule has 0 radical (unpaired) electrons. The number of halogens is 1. The van der Waals surface area contributed by atoms with E-state index in [0.29, 0.717) is 53.5 Å². The molecule has 2 aromatic carbocycles. The maximum Gasteiger partial charge on any atom is 0.506 e. The van der Waals surface area contributed by atoms with E-state index in [0.717, 1.165) is 48.1 Å². The number of allylic oxidation sites excluding steroid dienone is 4.